The predicted octanol–water partition coefficient (Wildman–Crippen LogP) is 2.31. The van der Waals surface area contributed by atoms with E-state index < -0.39 is 5.25 Å². The van der Waals surface area contributed by atoms with Crippen molar-refractivity contribution in [1.29, 1.82) is 0 Å². The van der Waals surface area contributed by atoms with Crippen LogP contribution in [0, 0.1) is 0 Å². The molecule has 0 saturated carbocycles. The summed E-state index contributed by atoms with van der Waals surface area (Å²) < 4.78 is 5.14. The lowest BCUT2D eigenvalue weighted by atomic mass is 10.3. The number of aliphatic hydroxyl groups excluding tert-OH is 1. The molecule has 0 spiro atoms. The van der Waals surface area contributed by atoms with Gasteiger partial charge in [0.05, 0.1) is 24.0 Å². The maximum atomic E-state index is 12.5. The van der Waals surface area contributed by atoms with E-state index in [1.165, 1.54) is 23.7 Å². The number of hydrogen-bond donors (Lipinski definition) is 4. The van der Waals surface area contributed by atoms with E-state index in [0.29, 0.717) is 29.4 Å². The minimum atomic E-state index is -0.486. The minimum Gasteiger partial charge on any atom is -0.466 e. The van der Waals surface area contributed by atoms with Crippen LogP contribution in [0.2, 0.25) is 0 Å². The molecule has 2 aromatic heterocycles. The Morgan fingerprint density at radius 1 is 1.21 bits per heavy atom. The van der Waals surface area contributed by atoms with E-state index in [2.05, 4.69) is 26.1 Å². The van der Waals surface area contributed by atoms with Gasteiger partial charge in [-0.1, -0.05) is 30.9 Å². The fraction of sp³-hybridized carbons (Fsp3) is 0.400. The molecule has 0 radical (unpaired) electrons. The van der Waals surface area contributed by atoms with Gasteiger partial charge in [0.2, 0.25) is 5.91 Å². The van der Waals surface area contributed by atoms with Gasteiger partial charge in [-0.05, 0) is 32.4 Å². The molecule has 33 heavy (non-hydrogen) atoms. The fourth-order valence-corrected chi connectivity index (χ4v) is 3.97. The Morgan fingerprint density at radius 2 is 1.88 bits per heavy atom. The van der Waals surface area contributed by atoms with Crippen LogP contribution in [0.1, 0.15) is 43.2 Å². The Labute approximate surface area is 205 Å². The Morgan fingerprint density at radius 3 is 2.48 bits per heavy atom. The zero-order chi connectivity index (χ0) is 24.6. The highest BCUT2D eigenvalue weighted by atomic mass is 32.2. The molecule has 2 amide bonds. The quantitative estimate of drug-likeness (QED) is 0.236. The van der Waals surface area contributed by atoms with Crippen LogP contribution < -0.4 is 16.2 Å². The second kappa shape index (κ2) is 16.1. The van der Waals surface area contributed by atoms with Gasteiger partial charge in [-0.2, -0.15) is 0 Å². The van der Waals surface area contributed by atoms with E-state index in [9.17, 15) is 14.4 Å². The first-order chi connectivity index (χ1) is 15.8. The van der Waals surface area contributed by atoms with E-state index in [-0.39, 0.29) is 35.1 Å². The molecule has 180 valence electrons. The van der Waals surface area contributed by atoms with Gasteiger partial charge in [0.25, 0.3) is 5.91 Å². The summed E-state index contributed by atoms with van der Waals surface area (Å²) in [4.78, 5) is 44.1. The maximum absolute atomic E-state index is 12.5. The first-order valence-corrected chi connectivity index (χ1v) is 12.2. The topological polar surface area (TPSA) is 143 Å². The normalized spacial score (nSPS) is 10.8. The van der Waals surface area contributed by atoms with Gasteiger partial charge < -0.3 is 15.2 Å². The minimum absolute atomic E-state index is 0.0529. The zero-order valence-corrected chi connectivity index (χ0v) is 20.9. The maximum Gasteiger partial charge on any atom is 0.311 e. The van der Waals surface area contributed by atoms with Crippen molar-refractivity contribution in [3.05, 3.63) is 41.2 Å². The summed E-state index contributed by atoms with van der Waals surface area (Å²) in [5.74, 6) is -1.01. The molecule has 2 rings (SSSR count). The summed E-state index contributed by atoms with van der Waals surface area (Å²) in [6.45, 7) is 5.82. The number of thiazole rings is 1. The summed E-state index contributed by atoms with van der Waals surface area (Å²) in [5.41, 5.74) is 6.08. The SMILES string of the molecule is CCO.CCOC(=O)Cc1csc(NC(=O)C(CC)SC(=S)NNC(=O)c2ccncc2)n1. The van der Waals surface area contributed by atoms with Crippen LogP contribution in [-0.4, -0.2) is 55.6 Å². The molecule has 0 fully saturated rings. The highest BCUT2D eigenvalue weighted by Crippen LogP contribution is 2.21. The first kappa shape index (κ1) is 28.4. The van der Waals surface area contributed by atoms with Gasteiger partial charge in [0, 0.05) is 29.9 Å². The molecule has 0 aliphatic heterocycles. The number of carbonyl (C=O) groups excluding carboxylic acids is 3. The van der Waals surface area contributed by atoms with Crippen LogP contribution in [0.25, 0.3) is 0 Å². The van der Waals surface area contributed by atoms with E-state index in [1.54, 1.807) is 31.4 Å². The Bertz CT molecular complexity index is 911. The number of carbonyl (C=O) groups is 3. The lowest BCUT2D eigenvalue weighted by Gasteiger charge is -2.15. The van der Waals surface area contributed by atoms with Crippen LogP contribution in [0.5, 0.6) is 0 Å². The molecule has 13 heteroatoms. The third-order valence-corrected chi connectivity index (χ3v) is 5.89. The molecule has 10 nitrogen and oxygen atoms in total. The van der Waals surface area contributed by atoms with Gasteiger partial charge in [-0.3, -0.25) is 30.2 Å². The van der Waals surface area contributed by atoms with Gasteiger partial charge >= 0.3 is 5.97 Å². The molecule has 0 aromatic carbocycles. The second-order valence-corrected chi connectivity index (χ2v) is 8.79. The molecule has 0 saturated heterocycles. The molecule has 4 N–H and O–H groups in total. The van der Waals surface area contributed by atoms with Crippen LogP contribution in [-0.2, 0) is 20.7 Å². The second-order valence-electron chi connectivity index (χ2n) is 6.05. The summed E-state index contributed by atoms with van der Waals surface area (Å²) in [6, 6.07) is 3.14. The lowest BCUT2D eigenvalue weighted by Crippen LogP contribution is -2.41. The lowest BCUT2D eigenvalue weighted by molar-refractivity contribution is -0.142. The Hall–Kier alpha value is -2.61. The van der Waals surface area contributed by atoms with Crippen molar-refractivity contribution < 1.29 is 24.2 Å². The van der Waals surface area contributed by atoms with E-state index >= 15 is 0 Å². The number of hydrazine groups is 1. The van der Waals surface area contributed by atoms with Gasteiger partial charge in [0.1, 0.15) is 0 Å². The summed E-state index contributed by atoms with van der Waals surface area (Å²) in [7, 11) is 0. The molecule has 1 atom stereocenters. The predicted molar refractivity (Wildman–Crippen MR) is 133 cm³/mol. The van der Waals surface area contributed by atoms with Crippen molar-refractivity contribution >= 4 is 62.6 Å². The molecule has 0 aliphatic carbocycles. The van der Waals surface area contributed by atoms with E-state index in [0.717, 1.165) is 11.8 Å². The molecule has 1 unspecified atom stereocenters. The highest BCUT2D eigenvalue weighted by molar-refractivity contribution is 8.23. The third kappa shape index (κ3) is 11.2. The number of ether oxygens (including phenoxy) is 1. The summed E-state index contributed by atoms with van der Waals surface area (Å²) in [6.07, 6.45) is 3.58. The van der Waals surface area contributed by atoms with Crippen molar-refractivity contribution in [3.8, 4) is 0 Å². The molecular weight excluding hydrogens is 486 g/mol. The summed E-state index contributed by atoms with van der Waals surface area (Å²) in [5, 5.41) is 11.9. The number of aromatic nitrogens is 2. The van der Waals surface area contributed by atoms with Crippen LogP contribution >= 0.6 is 35.3 Å². The molecule has 2 aromatic rings. The standard InChI is InChI=1S/C18H21N5O4S3.C2H6O/c1-3-13(30-18(28)23-22-15(25)11-5-7-19-8-6-11)16(26)21-17-20-12(10-29-17)9-14(24)27-4-2;1-2-3/h5-8,10,13H,3-4,9H2,1-2H3,(H,22,25)(H,23,28)(H,20,21,26);3H,2H2,1H3. The number of aliphatic hydroxyl groups is 1. The summed E-state index contributed by atoms with van der Waals surface area (Å²) >= 11 is 7.55. The third-order valence-electron chi connectivity index (χ3n) is 3.55. The highest BCUT2D eigenvalue weighted by Gasteiger charge is 2.21. The van der Waals surface area contributed by atoms with E-state index in [4.69, 9.17) is 22.1 Å². The Kier molecular flexibility index (Phi) is 13.8. The monoisotopic (exact) mass is 513 g/mol. The molecular formula is C20H27N5O5S3. The Balaban J connectivity index is 0.00000172. The largest absolute Gasteiger partial charge is 0.466 e. The number of nitrogens with one attached hydrogen (secondary N) is 3. The fourth-order valence-electron chi connectivity index (χ4n) is 2.16. The van der Waals surface area contributed by atoms with Gasteiger partial charge in [-0.15, -0.1) is 11.3 Å². The van der Waals surface area contributed by atoms with Crippen molar-refractivity contribution in [1.82, 2.24) is 20.8 Å². The van der Waals surface area contributed by atoms with Crippen LogP contribution in [0.3, 0.4) is 0 Å². The van der Waals surface area contributed by atoms with Crippen molar-refractivity contribution in [3.63, 3.8) is 0 Å². The molecule has 2 heterocycles. The number of hydrogen-bond acceptors (Lipinski definition) is 10. The van der Waals surface area contributed by atoms with E-state index in [1.807, 2.05) is 6.92 Å². The number of amides is 2. The van der Waals surface area contributed by atoms with Crippen molar-refractivity contribution in [2.75, 3.05) is 18.5 Å². The van der Waals surface area contributed by atoms with Gasteiger partial charge in [0.15, 0.2) is 9.45 Å². The molecule has 0 bridgehead atoms. The van der Waals surface area contributed by atoms with Crippen molar-refractivity contribution in [2.45, 2.75) is 38.9 Å². The number of pyridine rings is 1. The number of thioether (sulfide) groups is 1. The average molecular weight is 514 g/mol. The van der Waals surface area contributed by atoms with Gasteiger partial charge in [-0.25, -0.2) is 4.98 Å². The average Bonchev–Trinajstić information content (AvgIpc) is 3.23. The number of thiocarbonyl (C=S) groups is 1. The van der Waals surface area contributed by atoms with Crippen LogP contribution in [0.4, 0.5) is 5.13 Å². The van der Waals surface area contributed by atoms with Crippen molar-refractivity contribution in [2.24, 2.45) is 0 Å². The van der Waals surface area contributed by atoms with Crippen LogP contribution in [0.15, 0.2) is 29.9 Å². The smallest absolute Gasteiger partial charge is 0.311 e. The number of nitrogens with zero attached hydrogens (tertiary/aromatic N) is 2. The number of esters is 1. The zero-order valence-electron chi connectivity index (χ0n) is 18.5. The number of rotatable bonds is 8. The first-order valence-electron chi connectivity index (χ1n) is 10.0. The molecule has 0 aliphatic rings. The number of anilines is 1.